The van der Waals surface area contributed by atoms with Gasteiger partial charge in [-0.15, -0.1) is 0 Å². The molecule has 3 aromatic carbocycles. The van der Waals surface area contributed by atoms with Crippen molar-refractivity contribution in [3.8, 4) is 5.75 Å². The fourth-order valence-corrected chi connectivity index (χ4v) is 3.81. The molecule has 0 spiro atoms. The van der Waals surface area contributed by atoms with Gasteiger partial charge in [0.15, 0.2) is 0 Å². The number of rotatable bonds is 8. The number of ether oxygens (including phenoxy) is 1. The van der Waals surface area contributed by atoms with Crippen LogP contribution in [0.4, 0.5) is 10.1 Å². The van der Waals surface area contributed by atoms with Gasteiger partial charge in [-0.1, -0.05) is 29.8 Å². The van der Waals surface area contributed by atoms with Crippen molar-refractivity contribution in [3.05, 3.63) is 89.2 Å². The van der Waals surface area contributed by atoms with E-state index < -0.39 is 15.9 Å². The predicted molar refractivity (Wildman–Crippen MR) is 113 cm³/mol. The fraction of sp³-hybridized carbons (Fsp3) is 0.0952. The number of benzene rings is 3. The molecule has 0 fully saturated rings. The van der Waals surface area contributed by atoms with Crippen LogP contribution in [0.25, 0.3) is 0 Å². The summed E-state index contributed by atoms with van der Waals surface area (Å²) >= 11 is 6.10. The van der Waals surface area contributed by atoms with E-state index in [0.29, 0.717) is 5.75 Å². The van der Waals surface area contributed by atoms with Crippen molar-refractivity contribution >= 4 is 33.2 Å². The summed E-state index contributed by atoms with van der Waals surface area (Å²) in [6.45, 7) is 0.335. The smallest absolute Gasteiger partial charge is 0.261 e. The van der Waals surface area contributed by atoms with Crippen molar-refractivity contribution in [2.75, 3.05) is 17.9 Å². The summed E-state index contributed by atoms with van der Waals surface area (Å²) in [5.41, 5.74) is 0.322. The maximum Gasteiger partial charge on any atom is 0.261 e. The van der Waals surface area contributed by atoms with Crippen molar-refractivity contribution in [2.45, 2.75) is 4.90 Å². The Labute approximate surface area is 178 Å². The molecule has 0 aliphatic carbocycles. The molecule has 0 heterocycles. The number of amides is 1. The van der Waals surface area contributed by atoms with E-state index in [1.165, 1.54) is 54.6 Å². The van der Waals surface area contributed by atoms with E-state index in [2.05, 4.69) is 10.0 Å². The number of nitrogens with one attached hydrogen (secondary N) is 2. The summed E-state index contributed by atoms with van der Waals surface area (Å²) in [5, 5.41) is 2.82. The lowest BCUT2D eigenvalue weighted by atomic mass is 10.2. The van der Waals surface area contributed by atoms with Crippen molar-refractivity contribution in [2.24, 2.45) is 0 Å². The van der Waals surface area contributed by atoms with Crippen LogP contribution in [0.5, 0.6) is 5.75 Å². The van der Waals surface area contributed by atoms with E-state index in [9.17, 15) is 17.6 Å². The van der Waals surface area contributed by atoms with Crippen LogP contribution >= 0.6 is 11.6 Å². The standard InChI is InChI=1S/C21H18ClFN2O4S/c22-20-11-8-16(25-30(27,28)18-4-2-1-3-5-18)14-19(20)21(26)24-12-13-29-17-9-6-15(23)7-10-17/h1-11,14,25H,12-13H2,(H,24,26). The number of carbonyl (C=O) groups is 1. The van der Waals surface area contributed by atoms with Gasteiger partial charge in [0.25, 0.3) is 15.9 Å². The number of anilines is 1. The molecule has 0 bridgehead atoms. The Morgan fingerprint density at radius 1 is 1.00 bits per heavy atom. The van der Waals surface area contributed by atoms with Gasteiger partial charge in [-0.25, -0.2) is 12.8 Å². The van der Waals surface area contributed by atoms with Crippen molar-refractivity contribution in [1.82, 2.24) is 5.32 Å². The van der Waals surface area contributed by atoms with Gasteiger partial charge in [0.05, 0.1) is 22.0 Å². The molecule has 2 N–H and O–H groups in total. The number of sulfonamides is 1. The van der Waals surface area contributed by atoms with Gasteiger partial charge in [0.2, 0.25) is 0 Å². The Bertz CT molecular complexity index is 1120. The molecule has 0 saturated carbocycles. The fourth-order valence-electron chi connectivity index (χ4n) is 2.54. The summed E-state index contributed by atoms with van der Waals surface area (Å²) in [7, 11) is -3.79. The van der Waals surface area contributed by atoms with E-state index in [4.69, 9.17) is 16.3 Å². The third kappa shape index (κ3) is 5.71. The largest absolute Gasteiger partial charge is 0.492 e. The number of halogens is 2. The normalized spacial score (nSPS) is 11.0. The summed E-state index contributed by atoms with van der Waals surface area (Å²) in [4.78, 5) is 12.5. The SMILES string of the molecule is O=C(NCCOc1ccc(F)cc1)c1cc(NS(=O)(=O)c2ccccc2)ccc1Cl. The maximum absolute atomic E-state index is 12.9. The van der Waals surface area contributed by atoms with Crippen LogP contribution in [0.3, 0.4) is 0 Å². The maximum atomic E-state index is 12.9. The first-order chi connectivity index (χ1) is 14.3. The van der Waals surface area contributed by atoms with Crippen LogP contribution < -0.4 is 14.8 Å². The Hall–Kier alpha value is -3.10. The lowest BCUT2D eigenvalue weighted by Crippen LogP contribution is -2.28. The lowest BCUT2D eigenvalue weighted by Gasteiger charge is -2.12. The van der Waals surface area contributed by atoms with E-state index in [1.54, 1.807) is 18.2 Å². The van der Waals surface area contributed by atoms with E-state index >= 15 is 0 Å². The van der Waals surface area contributed by atoms with Gasteiger partial charge < -0.3 is 10.1 Å². The first-order valence-corrected chi connectivity index (χ1v) is 10.8. The predicted octanol–water partition coefficient (Wildman–Crippen LogP) is 4.09. The lowest BCUT2D eigenvalue weighted by molar-refractivity contribution is 0.0947. The topological polar surface area (TPSA) is 84.5 Å². The minimum Gasteiger partial charge on any atom is -0.492 e. The number of carbonyl (C=O) groups excluding carboxylic acids is 1. The molecule has 6 nitrogen and oxygen atoms in total. The highest BCUT2D eigenvalue weighted by molar-refractivity contribution is 7.92. The van der Waals surface area contributed by atoms with Crippen LogP contribution in [0.1, 0.15) is 10.4 Å². The van der Waals surface area contributed by atoms with Crippen LogP contribution in [0.2, 0.25) is 5.02 Å². The quantitative estimate of drug-likeness (QED) is 0.508. The zero-order valence-corrected chi connectivity index (χ0v) is 17.2. The Kier molecular flexibility index (Phi) is 6.91. The van der Waals surface area contributed by atoms with Crippen molar-refractivity contribution in [3.63, 3.8) is 0 Å². The average Bonchev–Trinajstić information content (AvgIpc) is 2.74. The Balaban J connectivity index is 1.61. The molecule has 30 heavy (non-hydrogen) atoms. The molecule has 3 aromatic rings. The van der Waals surface area contributed by atoms with E-state index in [1.807, 2.05) is 0 Å². The van der Waals surface area contributed by atoms with Gasteiger partial charge in [-0.2, -0.15) is 0 Å². The first kappa shape index (κ1) is 21.6. The van der Waals surface area contributed by atoms with Crippen LogP contribution in [-0.2, 0) is 10.0 Å². The molecule has 0 aromatic heterocycles. The van der Waals surface area contributed by atoms with Crippen molar-refractivity contribution in [1.29, 1.82) is 0 Å². The zero-order chi connectivity index (χ0) is 21.6. The molecule has 0 aliphatic rings. The van der Waals surface area contributed by atoms with E-state index in [0.717, 1.165) is 0 Å². The van der Waals surface area contributed by atoms with Gasteiger partial charge >= 0.3 is 0 Å². The minimum absolute atomic E-state index is 0.101. The summed E-state index contributed by atoms with van der Waals surface area (Å²) < 4.78 is 45.6. The second-order valence-corrected chi connectivity index (χ2v) is 8.26. The highest BCUT2D eigenvalue weighted by Crippen LogP contribution is 2.23. The average molecular weight is 449 g/mol. The first-order valence-electron chi connectivity index (χ1n) is 8.89. The van der Waals surface area contributed by atoms with Gasteiger partial charge in [0.1, 0.15) is 18.2 Å². The molecule has 0 aliphatic heterocycles. The molecule has 0 saturated heterocycles. The second-order valence-electron chi connectivity index (χ2n) is 6.17. The minimum atomic E-state index is -3.79. The Morgan fingerprint density at radius 2 is 1.70 bits per heavy atom. The summed E-state index contributed by atoms with van der Waals surface area (Å²) in [6.07, 6.45) is 0. The van der Waals surface area contributed by atoms with Crippen LogP contribution in [-0.4, -0.2) is 27.5 Å². The monoisotopic (exact) mass is 448 g/mol. The molecule has 0 unspecified atom stereocenters. The molecular weight excluding hydrogens is 431 g/mol. The second kappa shape index (κ2) is 9.60. The zero-order valence-electron chi connectivity index (χ0n) is 15.6. The number of hydrogen-bond donors (Lipinski definition) is 2. The molecule has 156 valence electrons. The van der Waals surface area contributed by atoms with E-state index in [-0.39, 0.29) is 40.1 Å². The molecular formula is C21H18ClFN2O4S. The van der Waals surface area contributed by atoms with Crippen LogP contribution in [0.15, 0.2) is 77.7 Å². The highest BCUT2D eigenvalue weighted by Gasteiger charge is 2.16. The molecule has 1 amide bonds. The van der Waals surface area contributed by atoms with Crippen LogP contribution in [0, 0.1) is 5.82 Å². The molecule has 0 radical (unpaired) electrons. The van der Waals surface area contributed by atoms with Crippen molar-refractivity contribution < 1.29 is 22.3 Å². The van der Waals surface area contributed by atoms with Gasteiger partial charge in [-0.3, -0.25) is 9.52 Å². The summed E-state index contributed by atoms with van der Waals surface area (Å²) in [6, 6.07) is 17.7. The Morgan fingerprint density at radius 3 is 2.40 bits per heavy atom. The third-order valence-corrected chi connectivity index (χ3v) is 5.71. The highest BCUT2D eigenvalue weighted by atomic mass is 35.5. The third-order valence-electron chi connectivity index (χ3n) is 3.99. The number of hydrogen-bond acceptors (Lipinski definition) is 4. The molecule has 3 rings (SSSR count). The molecule has 9 heteroatoms. The molecule has 0 atom stereocenters. The van der Waals surface area contributed by atoms with Gasteiger partial charge in [-0.05, 0) is 54.6 Å². The summed E-state index contributed by atoms with van der Waals surface area (Å²) in [5.74, 6) is -0.377. The van der Waals surface area contributed by atoms with Gasteiger partial charge in [0, 0.05) is 5.69 Å².